The van der Waals surface area contributed by atoms with E-state index in [-0.39, 0.29) is 0 Å². The van der Waals surface area contributed by atoms with E-state index in [9.17, 15) is 0 Å². The van der Waals surface area contributed by atoms with Crippen molar-refractivity contribution in [1.82, 2.24) is 5.32 Å². The Morgan fingerprint density at radius 1 is 1.20 bits per heavy atom. The van der Waals surface area contributed by atoms with E-state index in [1.807, 2.05) is 11.3 Å². The number of hydrogen-bond acceptors (Lipinski definition) is 2. The van der Waals surface area contributed by atoms with E-state index in [1.165, 1.54) is 57.8 Å². The van der Waals surface area contributed by atoms with Crippen molar-refractivity contribution in [3.8, 4) is 0 Å². The summed E-state index contributed by atoms with van der Waals surface area (Å²) >= 11 is 1.95. The molecule has 2 aliphatic carbocycles. The van der Waals surface area contributed by atoms with Gasteiger partial charge in [0.1, 0.15) is 0 Å². The molecule has 1 heterocycles. The summed E-state index contributed by atoms with van der Waals surface area (Å²) in [5.41, 5.74) is 0. The molecule has 3 unspecified atom stereocenters. The van der Waals surface area contributed by atoms with E-state index in [0.717, 1.165) is 17.9 Å². The number of nitrogens with one attached hydrogen (secondary N) is 1. The summed E-state index contributed by atoms with van der Waals surface area (Å²) in [6.07, 6.45) is 12.8. The minimum absolute atomic E-state index is 0.637. The van der Waals surface area contributed by atoms with Gasteiger partial charge in [-0.15, -0.1) is 11.3 Å². The third kappa shape index (κ3) is 3.46. The zero-order valence-corrected chi connectivity index (χ0v) is 13.6. The summed E-state index contributed by atoms with van der Waals surface area (Å²) in [4.78, 5) is 1.58. The fourth-order valence-corrected chi connectivity index (χ4v) is 5.16. The molecule has 0 amide bonds. The molecule has 1 nitrogen and oxygen atoms in total. The number of hydrogen-bond donors (Lipinski definition) is 1. The van der Waals surface area contributed by atoms with Crippen molar-refractivity contribution >= 4 is 11.3 Å². The first-order valence-corrected chi connectivity index (χ1v) is 9.54. The highest BCUT2D eigenvalue weighted by Gasteiger charge is 2.30. The third-order valence-corrected chi connectivity index (χ3v) is 6.45. The molecule has 1 aromatic heterocycles. The van der Waals surface area contributed by atoms with Crippen molar-refractivity contribution in [3.63, 3.8) is 0 Å². The Bertz CT molecular complexity index is 380. The van der Waals surface area contributed by atoms with Gasteiger partial charge < -0.3 is 5.32 Å². The zero-order valence-electron chi connectivity index (χ0n) is 12.8. The largest absolute Gasteiger partial charge is 0.306 e. The Labute approximate surface area is 128 Å². The molecule has 2 saturated carbocycles. The summed E-state index contributed by atoms with van der Waals surface area (Å²) in [7, 11) is 0. The summed E-state index contributed by atoms with van der Waals surface area (Å²) in [5.74, 6) is 1.85. The molecule has 0 aromatic carbocycles. The molecule has 0 bridgehead atoms. The first kappa shape index (κ1) is 14.6. The SMILES string of the molecule is CCC1CCCC(NC(c2cccs2)C2CCCC2)C1. The van der Waals surface area contributed by atoms with Crippen LogP contribution in [0.2, 0.25) is 0 Å². The molecule has 0 aliphatic heterocycles. The number of thiophene rings is 1. The van der Waals surface area contributed by atoms with Gasteiger partial charge in [0.05, 0.1) is 0 Å². The molecular weight excluding hydrogens is 262 g/mol. The molecule has 20 heavy (non-hydrogen) atoms. The molecule has 112 valence electrons. The van der Waals surface area contributed by atoms with Crippen molar-refractivity contribution in [2.45, 2.75) is 76.8 Å². The molecule has 0 spiro atoms. The Kier molecular flexibility index (Phi) is 5.17. The zero-order chi connectivity index (χ0) is 13.8. The average molecular weight is 292 g/mol. The van der Waals surface area contributed by atoms with Crippen LogP contribution < -0.4 is 5.32 Å². The Morgan fingerprint density at radius 3 is 2.75 bits per heavy atom. The summed E-state index contributed by atoms with van der Waals surface area (Å²) in [6.45, 7) is 2.36. The van der Waals surface area contributed by atoms with E-state index < -0.39 is 0 Å². The lowest BCUT2D eigenvalue weighted by atomic mass is 9.83. The maximum absolute atomic E-state index is 4.08. The van der Waals surface area contributed by atoms with Crippen molar-refractivity contribution in [3.05, 3.63) is 22.4 Å². The highest BCUT2D eigenvalue weighted by molar-refractivity contribution is 7.10. The smallest absolute Gasteiger partial charge is 0.0445 e. The van der Waals surface area contributed by atoms with Gasteiger partial charge in [-0.05, 0) is 49.0 Å². The van der Waals surface area contributed by atoms with Gasteiger partial charge in [-0.1, -0.05) is 45.1 Å². The van der Waals surface area contributed by atoms with E-state index in [2.05, 4.69) is 29.8 Å². The molecule has 3 atom stereocenters. The second-order valence-electron chi connectivity index (χ2n) is 6.84. The summed E-state index contributed by atoms with van der Waals surface area (Å²) in [6, 6.07) is 5.97. The van der Waals surface area contributed by atoms with Crippen LogP contribution in [0.15, 0.2) is 17.5 Å². The van der Waals surface area contributed by atoms with Gasteiger partial charge in [-0.3, -0.25) is 0 Å². The van der Waals surface area contributed by atoms with Crippen LogP contribution in [0.1, 0.15) is 75.6 Å². The van der Waals surface area contributed by atoms with E-state index in [4.69, 9.17) is 0 Å². The standard InChI is InChI=1S/C18H29NS/c1-2-14-7-5-10-16(13-14)19-18(15-8-3-4-9-15)17-11-6-12-20-17/h6,11-12,14-16,18-19H,2-5,7-10,13H2,1H3. The highest BCUT2D eigenvalue weighted by atomic mass is 32.1. The van der Waals surface area contributed by atoms with Crippen LogP contribution >= 0.6 is 11.3 Å². The average Bonchev–Trinajstić information content (AvgIpc) is 3.18. The van der Waals surface area contributed by atoms with E-state index >= 15 is 0 Å². The first-order chi connectivity index (χ1) is 9.86. The molecule has 2 heteroatoms. The normalized spacial score (nSPS) is 29.6. The quantitative estimate of drug-likeness (QED) is 0.751. The van der Waals surface area contributed by atoms with Gasteiger partial charge in [0.25, 0.3) is 0 Å². The topological polar surface area (TPSA) is 12.0 Å². The van der Waals surface area contributed by atoms with Gasteiger partial charge in [0, 0.05) is 17.0 Å². The molecule has 1 N–H and O–H groups in total. The van der Waals surface area contributed by atoms with Crippen LogP contribution in [0.5, 0.6) is 0 Å². The van der Waals surface area contributed by atoms with E-state index in [0.29, 0.717) is 6.04 Å². The van der Waals surface area contributed by atoms with Gasteiger partial charge in [0.2, 0.25) is 0 Å². The van der Waals surface area contributed by atoms with Crippen molar-refractivity contribution in [2.24, 2.45) is 11.8 Å². The molecule has 2 fully saturated rings. The van der Waals surface area contributed by atoms with Crippen LogP contribution in [-0.2, 0) is 0 Å². The van der Waals surface area contributed by atoms with Crippen molar-refractivity contribution in [2.75, 3.05) is 0 Å². The van der Waals surface area contributed by atoms with E-state index in [1.54, 1.807) is 4.88 Å². The lowest BCUT2D eigenvalue weighted by Gasteiger charge is -2.34. The van der Waals surface area contributed by atoms with Crippen LogP contribution in [0.4, 0.5) is 0 Å². The van der Waals surface area contributed by atoms with Gasteiger partial charge in [0.15, 0.2) is 0 Å². The predicted molar refractivity (Wildman–Crippen MR) is 88.2 cm³/mol. The van der Waals surface area contributed by atoms with Crippen LogP contribution in [0.25, 0.3) is 0 Å². The van der Waals surface area contributed by atoms with Crippen molar-refractivity contribution in [1.29, 1.82) is 0 Å². The molecule has 2 aliphatic rings. The van der Waals surface area contributed by atoms with Gasteiger partial charge in [-0.25, -0.2) is 0 Å². The summed E-state index contributed by atoms with van der Waals surface area (Å²) in [5, 5.41) is 6.32. The highest BCUT2D eigenvalue weighted by Crippen LogP contribution is 2.39. The molecule has 0 saturated heterocycles. The molecule has 1 aromatic rings. The fourth-order valence-electron chi connectivity index (χ4n) is 4.28. The second-order valence-corrected chi connectivity index (χ2v) is 7.82. The maximum Gasteiger partial charge on any atom is 0.0445 e. The Morgan fingerprint density at radius 2 is 2.05 bits per heavy atom. The maximum atomic E-state index is 4.08. The minimum Gasteiger partial charge on any atom is -0.306 e. The third-order valence-electron chi connectivity index (χ3n) is 5.50. The summed E-state index contributed by atoms with van der Waals surface area (Å²) < 4.78 is 0. The van der Waals surface area contributed by atoms with Gasteiger partial charge in [-0.2, -0.15) is 0 Å². The van der Waals surface area contributed by atoms with Crippen LogP contribution in [0.3, 0.4) is 0 Å². The minimum atomic E-state index is 0.637. The van der Waals surface area contributed by atoms with Crippen molar-refractivity contribution < 1.29 is 0 Å². The number of rotatable bonds is 5. The van der Waals surface area contributed by atoms with Crippen LogP contribution in [0, 0.1) is 11.8 Å². The lowest BCUT2D eigenvalue weighted by Crippen LogP contribution is -2.39. The lowest BCUT2D eigenvalue weighted by molar-refractivity contribution is 0.237. The first-order valence-electron chi connectivity index (χ1n) is 8.66. The van der Waals surface area contributed by atoms with Crippen LogP contribution in [-0.4, -0.2) is 6.04 Å². The fraction of sp³-hybridized carbons (Fsp3) is 0.778. The molecule has 3 rings (SSSR count). The molecule has 0 radical (unpaired) electrons. The van der Waals surface area contributed by atoms with Gasteiger partial charge >= 0.3 is 0 Å². The Balaban J connectivity index is 1.66. The second kappa shape index (κ2) is 7.09. The Hall–Kier alpha value is -0.340. The predicted octanol–water partition coefficient (Wildman–Crippen LogP) is 5.54. The molecular formula is C18H29NS. The monoisotopic (exact) mass is 291 g/mol.